The molecule has 3 heterocycles. The molecular formula is C22H19F2N5O2. The second kappa shape index (κ2) is 7.57. The van der Waals surface area contributed by atoms with E-state index in [0.717, 1.165) is 24.7 Å². The smallest absolute Gasteiger partial charge is 0.254 e. The van der Waals surface area contributed by atoms with Crippen LogP contribution in [0.25, 0.3) is 11.7 Å². The lowest BCUT2D eigenvalue weighted by Crippen LogP contribution is -2.19. The van der Waals surface area contributed by atoms with Crippen LogP contribution in [0.2, 0.25) is 0 Å². The Hall–Kier alpha value is -3.62. The molecule has 0 spiro atoms. The quantitative estimate of drug-likeness (QED) is 0.470. The van der Waals surface area contributed by atoms with Crippen LogP contribution in [0, 0.1) is 11.6 Å². The minimum atomic E-state index is -0.869. The first-order valence-electron chi connectivity index (χ1n) is 10.1. The normalized spacial score (nSPS) is 17.5. The molecule has 0 radical (unpaired) electrons. The number of nitrogens with one attached hydrogen (secondary N) is 2. The van der Waals surface area contributed by atoms with Crippen molar-refractivity contribution in [2.24, 2.45) is 0 Å². The van der Waals surface area contributed by atoms with Gasteiger partial charge in [-0.2, -0.15) is 9.61 Å². The van der Waals surface area contributed by atoms with Crippen LogP contribution in [0.15, 0.2) is 36.0 Å². The average Bonchev–Trinajstić information content (AvgIpc) is 3.37. The average molecular weight is 423 g/mol. The fourth-order valence-corrected chi connectivity index (χ4v) is 3.61. The molecule has 2 amide bonds. The van der Waals surface area contributed by atoms with E-state index in [1.807, 2.05) is 6.07 Å². The number of carbonyl (C=O) groups is 2. The Bertz CT molecular complexity index is 1250. The predicted octanol–water partition coefficient (Wildman–Crippen LogP) is 2.80. The Balaban J connectivity index is 1.50. The zero-order valence-corrected chi connectivity index (χ0v) is 16.5. The maximum Gasteiger partial charge on any atom is 0.254 e. The van der Waals surface area contributed by atoms with Gasteiger partial charge < -0.3 is 5.32 Å². The van der Waals surface area contributed by atoms with E-state index in [1.165, 1.54) is 6.07 Å². The number of halogens is 2. The third kappa shape index (κ3) is 3.90. The third-order valence-electron chi connectivity index (χ3n) is 5.39. The molecule has 1 aliphatic heterocycles. The number of aromatic nitrogens is 3. The first kappa shape index (κ1) is 19.3. The fraction of sp³-hybridized carbons (Fsp3) is 0.273. The van der Waals surface area contributed by atoms with Gasteiger partial charge in [-0.3, -0.25) is 14.9 Å². The Morgan fingerprint density at radius 1 is 1.23 bits per heavy atom. The number of benzene rings is 1. The fourth-order valence-electron chi connectivity index (χ4n) is 3.61. The van der Waals surface area contributed by atoms with Gasteiger partial charge in [-0.15, -0.1) is 0 Å². The maximum atomic E-state index is 14.0. The number of anilines is 1. The minimum absolute atomic E-state index is 0.0158. The molecule has 2 N–H and O–H groups in total. The number of hydrogen-bond acceptors (Lipinski definition) is 5. The summed E-state index contributed by atoms with van der Waals surface area (Å²) in [6.07, 6.45) is 6.05. The number of aryl methyl sites for hydroxylation is 2. The lowest BCUT2D eigenvalue weighted by Gasteiger charge is -2.10. The van der Waals surface area contributed by atoms with Gasteiger partial charge in [0.05, 0.1) is 12.6 Å². The first-order chi connectivity index (χ1) is 15.0. The molecule has 158 valence electrons. The summed E-state index contributed by atoms with van der Waals surface area (Å²) in [6, 6.07) is 6.36. The molecule has 1 saturated carbocycles. The molecule has 2 aliphatic rings. The summed E-state index contributed by atoms with van der Waals surface area (Å²) in [7, 11) is 0. The van der Waals surface area contributed by atoms with Crippen LogP contribution < -0.4 is 10.6 Å². The number of nitrogens with zero attached hydrogens (tertiary/aromatic N) is 3. The zero-order chi connectivity index (χ0) is 21.5. The number of imide groups is 1. The van der Waals surface area contributed by atoms with Crippen molar-refractivity contribution >= 4 is 29.4 Å². The molecule has 2 fully saturated rings. The van der Waals surface area contributed by atoms with Crippen molar-refractivity contribution in [2.45, 2.75) is 38.1 Å². The number of carbonyl (C=O) groups excluding carboxylic acids is 2. The number of rotatable bonds is 6. The highest BCUT2D eigenvalue weighted by atomic mass is 19.2. The number of fused-ring (bicyclic) bond motifs is 1. The van der Waals surface area contributed by atoms with Crippen molar-refractivity contribution in [3.8, 4) is 0 Å². The van der Waals surface area contributed by atoms with Gasteiger partial charge in [0, 0.05) is 28.9 Å². The van der Waals surface area contributed by atoms with E-state index in [2.05, 4.69) is 20.7 Å². The molecule has 31 heavy (non-hydrogen) atoms. The van der Waals surface area contributed by atoms with Gasteiger partial charge >= 0.3 is 0 Å². The van der Waals surface area contributed by atoms with Crippen molar-refractivity contribution in [1.82, 2.24) is 19.9 Å². The van der Waals surface area contributed by atoms with E-state index in [0.29, 0.717) is 34.9 Å². The molecule has 1 aromatic carbocycles. The molecule has 1 saturated heterocycles. The number of hydrogen-bond donors (Lipinski definition) is 2. The van der Waals surface area contributed by atoms with E-state index >= 15 is 0 Å². The van der Waals surface area contributed by atoms with Crippen LogP contribution in [0.4, 0.5) is 14.6 Å². The van der Waals surface area contributed by atoms with E-state index in [9.17, 15) is 18.4 Å². The molecule has 5 rings (SSSR count). The molecule has 1 aliphatic carbocycles. The van der Waals surface area contributed by atoms with Gasteiger partial charge in [0.2, 0.25) is 5.91 Å². The van der Waals surface area contributed by atoms with Crippen LogP contribution in [0.3, 0.4) is 0 Å². The second-order valence-electron chi connectivity index (χ2n) is 7.82. The Kier molecular flexibility index (Phi) is 4.72. The molecule has 0 unspecified atom stereocenters. The maximum absolute atomic E-state index is 14.0. The summed E-state index contributed by atoms with van der Waals surface area (Å²) in [6.45, 7) is 0. The monoisotopic (exact) mass is 423 g/mol. The summed E-state index contributed by atoms with van der Waals surface area (Å²) < 4.78 is 29.2. The van der Waals surface area contributed by atoms with Crippen LogP contribution in [0.5, 0.6) is 0 Å². The SMILES string of the molecule is O=C1C/C(=C\c2cnn3c(NC4CC4)cc(CCc4cccc(F)c4F)nc23)C(=O)N1. The molecular weight excluding hydrogens is 404 g/mol. The standard InChI is InChI=1S/C22H19F2N5O2/c23-17-3-1-2-12(20(17)24)4-5-16-10-18(26-15-6-7-15)29-21(27-16)14(11-25-29)8-13-9-19(30)28-22(13)31/h1-3,8,10-11,15,26H,4-7,9H2,(H,28,30,31)/b13-8+. The Morgan fingerprint density at radius 3 is 2.81 bits per heavy atom. The van der Waals surface area contributed by atoms with Gasteiger partial charge in [-0.05, 0) is 43.4 Å². The van der Waals surface area contributed by atoms with Crippen LogP contribution in [-0.4, -0.2) is 32.5 Å². The third-order valence-corrected chi connectivity index (χ3v) is 5.39. The molecule has 0 atom stereocenters. The van der Waals surface area contributed by atoms with Crippen molar-refractivity contribution in [3.63, 3.8) is 0 Å². The van der Waals surface area contributed by atoms with E-state index < -0.39 is 17.5 Å². The molecule has 2 aromatic heterocycles. The van der Waals surface area contributed by atoms with Gasteiger partial charge in [-0.1, -0.05) is 12.1 Å². The highest BCUT2D eigenvalue weighted by molar-refractivity contribution is 6.15. The predicted molar refractivity (Wildman–Crippen MR) is 109 cm³/mol. The molecule has 3 aromatic rings. The van der Waals surface area contributed by atoms with Crippen molar-refractivity contribution in [3.05, 3.63) is 64.5 Å². The zero-order valence-electron chi connectivity index (χ0n) is 16.5. The van der Waals surface area contributed by atoms with Crippen molar-refractivity contribution in [1.29, 1.82) is 0 Å². The molecule has 0 bridgehead atoms. The summed E-state index contributed by atoms with van der Waals surface area (Å²) >= 11 is 0. The largest absolute Gasteiger partial charge is 0.367 e. The Labute approximate surface area is 176 Å². The number of amides is 2. The van der Waals surface area contributed by atoms with Gasteiger partial charge in [0.15, 0.2) is 17.3 Å². The first-order valence-corrected chi connectivity index (χ1v) is 10.1. The lowest BCUT2D eigenvalue weighted by molar-refractivity contribution is -0.124. The summed E-state index contributed by atoms with van der Waals surface area (Å²) in [5, 5.41) is 10.1. The minimum Gasteiger partial charge on any atom is -0.367 e. The van der Waals surface area contributed by atoms with Gasteiger partial charge in [0.1, 0.15) is 5.82 Å². The summed E-state index contributed by atoms with van der Waals surface area (Å²) in [4.78, 5) is 28.1. The highest BCUT2D eigenvalue weighted by Crippen LogP contribution is 2.27. The van der Waals surface area contributed by atoms with Crippen LogP contribution >= 0.6 is 0 Å². The molecule has 7 nitrogen and oxygen atoms in total. The Morgan fingerprint density at radius 2 is 2.06 bits per heavy atom. The highest BCUT2D eigenvalue weighted by Gasteiger charge is 2.25. The molecule has 9 heteroatoms. The van der Waals surface area contributed by atoms with Gasteiger partial charge in [0.25, 0.3) is 5.91 Å². The van der Waals surface area contributed by atoms with Gasteiger partial charge in [-0.25, -0.2) is 13.8 Å². The van der Waals surface area contributed by atoms with Crippen molar-refractivity contribution < 1.29 is 18.4 Å². The van der Waals surface area contributed by atoms with Crippen LogP contribution in [-0.2, 0) is 22.4 Å². The van der Waals surface area contributed by atoms with Crippen molar-refractivity contribution in [2.75, 3.05) is 5.32 Å². The summed E-state index contributed by atoms with van der Waals surface area (Å²) in [5.74, 6) is -1.72. The lowest BCUT2D eigenvalue weighted by atomic mass is 10.1. The van der Waals surface area contributed by atoms with Crippen LogP contribution in [0.1, 0.15) is 36.1 Å². The van der Waals surface area contributed by atoms with E-state index in [1.54, 1.807) is 22.9 Å². The second-order valence-corrected chi connectivity index (χ2v) is 7.82. The summed E-state index contributed by atoms with van der Waals surface area (Å²) in [5.41, 5.74) is 2.46. The topological polar surface area (TPSA) is 88.4 Å². The van der Waals surface area contributed by atoms with E-state index in [4.69, 9.17) is 0 Å². The van der Waals surface area contributed by atoms with E-state index in [-0.39, 0.29) is 24.3 Å².